The molecule has 4 atom stereocenters. The molecule has 2 saturated heterocycles. The molecule has 0 N–H and O–H groups in total. The van der Waals surface area contributed by atoms with Crippen molar-refractivity contribution >= 4 is 5.91 Å². The Balaban J connectivity index is 1.72. The average molecular weight is 299 g/mol. The molecule has 4 heteroatoms. The number of hydrogen-bond donors (Lipinski definition) is 0. The Morgan fingerprint density at radius 3 is 2.91 bits per heavy atom. The van der Waals surface area contributed by atoms with Crippen LogP contribution in [0.15, 0.2) is 18.3 Å². The maximum absolute atomic E-state index is 13.1. The van der Waals surface area contributed by atoms with Crippen LogP contribution in [-0.2, 0) is 0 Å². The van der Waals surface area contributed by atoms with Crippen molar-refractivity contribution in [3.63, 3.8) is 0 Å². The number of hydrogen-bond acceptors (Lipinski definition) is 3. The molecular formula is C18H25N3O. The van der Waals surface area contributed by atoms with E-state index in [1.807, 2.05) is 19.1 Å². The predicted octanol–water partition coefficient (Wildman–Crippen LogP) is 2.48. The largest absolute Gasteiger partial charge is 0.332 e. The molecule has 1 amide bonds. The Bertz CT molecular complexity index is 616. The Hall–Kier alpha value is -1.42. The van der Waals surface area contributed by atoms with E-state index in [-0.39, 0.29) is 11.3 Å². The standard InChI is InChI=1S/C18H25N3O/c1-12-6-5-9-19-16(12)17(22)21-11-13-10-18(2)14(20(13)3)7-4-8-15(18)21/h5-6,9,13-15H,4,7-8,10-11H2,1-3H3/t13-,14-,15+,18-/m0/s1. The third-order valence-corrected chi connectivity index (χ3v) is 6.48. The fourth-order valence-electron chi connectivity index (χ4n) is 5.36. The maximum Gasteiger partial charge on any atom is 0.273 e. The monoisotopic (exact) mass is 299 g/mol. The van der Waals surface area contributed by atoms with Crippen LogP contribution in [0.2, 0.25) is 0 Å². The van der Waals surface area contributed by atoms with Gasteiger partial charge in [0.25, 0.3) is 5.91 Å². The van der Waals surface area contributed by atoms with Gasteiger partial charge in [-0.1, -0.05) is 13.0 Å². The van der Waals surface area contributed by atoms with Crippen LogP contribution in [0.1, 0.15) is 48.7 Å². The molecule has 3 fully saturated rings. The van der Waals surface area contributed by atoms with Crippen LogP contribution >= 0.6 is 0 Å². The quantitative estimate of drug-likeness (QED) is 0.799. The summed E-state index contributed by atoms with van der Waals surface area (Å²) >= 11 is 0. The average Bonchev–Trinajstić information content (AvgIpc) is 2.76. The first-order chi connectivity index (χ1) is 10.5. The minimum atomic E-state index is 0.134. The second kappa shape index (κ2) is 4.79. The van der Waals surface area contributed by atoms with E-state index in [1.165, 1.54) is 19.3 Å². The molecule has 1 aliphatic carbocycles. The lowest BCUT2D eigenvalue weighted by Crippen LogP contribution is -2.57. The van der Waals surface area contributed by atoms with Crippen LogP contribution in [0.4, 0.5) is 0 Å². The van der Waals surface area contributed by atoms with Crippen LogP contribution in [0.5, 0.6) is 0 Å². The van der Waals surface area contributed by atoms with Gasteiger partial charge in [0, 0.05) is 36.3 Å². The summed E-state index contributed by atoms with van der Waals surface area (Å²) in [6.45, 7) is 5.25. The molecule has 118 valence electrons. The van der Waals surface area contributed by atoms with E-state index in [0.29, 0.717) is 23.8 Å². The third kappa shape index (κ3) is 1.79. The highest BCUT2D eigenvalue weighted by atomic mass is 16.2. The van der Waals surface area contributed by atoms with Crippen molar-refractivity contribution < 1.29 is 4.79 Å². The van der Waals surface area contributed by atoms with E-state index in [2.05, 4.69) is 28.8 Å². The van der Waals surface area contributed by atoms with Gasteiger partial charge in [-0.2, -0.15) is 0 Å². The van der Waals surface area contributed by atoms with E-state index in [0.717, 1.165) is 18.5 Å². The lowest BCUT2D eigenvalue weighted by molar-refractivity contribution is 0.0113. The third-order valence-electron chi connectivity index (χ3n) is 6.48. The van der Waals surface area contributed by atoms with Gasteiger partial charge < -0.3 is 4.90 Å². The summed E-state index contributed by atoms with van der Waals surface area (Å²) in [5.74, 6) is 0.134. The van der Waals surface area contributed by atoms with Crippen LogP contribution < -0.4 is 0 Å². The number of likely N-dealkylation sites (N-methyl/N-ethyl adjacent to an activating group) is 1. The fourth-order valence-corrected chi connectivity index (χ4v) is 5.36. The minimum absolute atomic E-state index is 0.134. The van der Waals surface area contributed by atoms with Crippen LogP contribution in [-0.4, -0.2) is 52.4 Å². The van der Waals surface area contributed by atoms with Crippen LogP contribution in [0.3, 0.4) is 0 Å². The van der Waals surface area contributed by atoms with E-state index in [9.17, 15) is 4.79 Å². The maximum atomic E-state index is 13.1. The first kappa shape index (κ1) is 14.2. The van der Waals surface area contributed by atoms with E-state index in [4.69, 9.17) is 0 Å². The van der Waals surface area contributed by atoms with Gasteiger partial charge in [0.1, 0.15) is 5.69 Å². The molecule has 1 aromatic heterocycles. The Morgan fingerprint density at radius 1 is 1.36 bits per heavy atom. The highest BCUT2D eigenvalue weighted by Gasteiger charge is 2.59. The highest BCUT2D eigenvalue weighted by Crippen LogP contribution is 2.53. The van der Waals surface area contributed by atoms with Gasteiger partial charge in [0.2, 0.25) is 0 Å². The molecule has 0 aromatic carbocycles. The van der Waals surface area contributed by atoms with Crippen molar-refractivity contribution in [3.8, 4) is 0 Å². The molecular weight excluding hydrogens is 274 g/mol. The van der Waals surface area contributed by atoms with Crippen molar-refractivity contribution in [1.82, 2.24) is 14.8 Å². The Morgan fingerprint density at radius 2 is 2.14 bits per heavy atom. The van der Waals surface area contributed by atoms with Gasteiger partial charge in [0.05, 0.1) is 0 Å². The number of carbonyl (C=O) groups excluding carboxylic acids is 1. The molecule has 1 saturated carbocycles. The van der Waals surface area contributed by atoms with E-state index < -0.39 is 0 Å². The van der Waals surface area contributed by atoms with Crippen molar-refractivity contribution in [1.29, 1.82) is 0 Å². The van der Waals surface area contributed by atoms with Gasteiger partial charge in [-0.3, -0.25) is 14.7 Å². The summed E-state index contributed by atoms with van der Waals surface area (Å²) in [4.78, 5) is 22.2. The zero-order chi connectivity index (χ0) is 15.5. The molecule has 0 unspecified atom stereocenters. The lowest BCUT2D eigenvalue weighted by atomic mass is 9.65. The number of aryl methyl sites for hydroxylation is 1. The van der Waals surface area contributed by atoms with Crippen LogP contribution in [0.25, 0.3) is 0 Å². The van der Waals surface area contributed by atoms with E-state index in [1.54, 1.807) is 6.20 Å². The number of amides is 1. The molecule has 4 rings (SSSR count). The minimum Gasteiger partial charge on any atom is -0.332 e. The zero-order valence-corrected chi connectivity index (χ0v) is 13.7. The molecule has 1 aromatic rings. The van der Waals surface area contributed by atoms with Crippen molar-refractivity contribution in [2.24, 2.45) is 5.41 Å². The second-order valence-electron chi connectivity index (χ2n) is 7.62. The van der Waals surface area contributed by atoms with Crippen molar-refractivity contribution in [2.45, 2.75) is 57.7 Å². The smallest absolute Gasteiger partial charge is 0.273 e. The summed E-state index contributed by atoms with van der Waals surface area (Å²) in [5.41, 5.74) is 1.88. The van der Waals surface area contributed by atoms with Crippen LogP contribution in [0, 0.1) is 12.3 Å². The number of fused-ring (bicyclic) bond motifs is 1. The number of aromatic nitrogens is 1. The number of nitrogens with zero attached hydrogens (tertiary/aromatic N) is 3. The lowest BCUT2D eigenvalue weighted by Gasteiger charge is -2.50. The van der Waals surface area contributed by atoms with Gasteiger partial charge in [-0.05, 0) is 51.3 Å². The van der Waals surface area contributed by atoms with Gasteiger partial charge in [-0.15, -0.1) is 0 Å². The molecule has 3 heterocycles. The summed E-state index contributed by atoms with van der Waals surface area (Å²) in [6, 6.07) is 5.41. The summed E-state index contributed by atoms with van der Waals surface area (Å²) < 4.78 is 0. The number of pyridine rings is 1. The van der Waals surface area contributed by atoms with E-state index >= 15 is 0 Å². The fraction of sp³-hybridized carbons (Fsp3) is 0.667. The molecule has 2 aliphatic heterocycles. The van der Waals surface area contributed by atoms with Gasteiger partial charge in [0.15, 0.2) is 0 Å². The predicted molar refractivity (Wildman–Crippen MR) is 85.7 cm³/mol. The molecule has 0 spiro atoms. The molecule has 3 aliphatic rings. The summed E-state index contributed by atoms with van der Waals surface area (Å²) in [7, 11) is 2.25. The Labute approximate surface area is 132 Å². The first-order valence-electron chi connectivity index (χ1n) is 8.47. The van der Waals surface area contributed by atoms with Gasteiger partial charge in [-0.25, -0.2) is 0 Å². The number of likely N-dealkylation sites (tertiary alicyclic amines) is 2. The molecule has 0 radical (unpaired) electrons. The zero-order valence-electron chi connectivity index (χ0n) is 13.7. The topological polar surface area (TPSA) is 36.4 Å². The SMILES string of the molecule is Cc1cccnc1C(=O)N1C[C@@H]2C[C@@]3(C)[C@H](CCC[C@@H]13)N2C. The first-order valence-corrected chi connectivity index (χ1v) is 8.47. The van der Waals surface area contributed by atoms with Gasteiger partial charge >= 0.3 is 0 Å². The molecule has 4 nitrogen and oxygen atoms in total. The summed E-state index contributed by atoms with van der Waals surface area (Å²) in [5, 5.41) is 0. The molecule has 22 heavy (non-hydrogen) atoms. The second-order valence-corrected chi connectivity index (χ2v) is 7.62. The number of piperidine rings is 1. The Kier molecular flexibility index (Phi) is 3.09. The highest BCUT2D eigenvalue weighted by molar-refractivity contribution is 5.94. The number of carbonyl (C=O) groups is 1. The number of rotatable bonds is 1. The normalized spacial score (nSPS) is 37.4. The summed E-state index contributed by atoms with van der Waals surface area (Å²) in [6.07, 6.45) is 6.63. The van der Waals surface area contributed by atoms with Crippen molar-refractivity contribution in [2.75, 3.05) is 13.6 Å². The van der Waals surface area contributed by atoms with Crippen molar-refractivity contribution in [3.05, 3.63) is 29.6 Å². The molecule has 2 bridgehead atoms.